The number of pyridine rings is 1. The van der Waals surface area contributed by atoms with E-state index in [2.05, 4.69) is 31.5 Å². The van der Waals surface area contributed by atoms with Crippen molar-refractivity contribution in [3.05, 3.63) is 46.0 Å². The van der Waals surface area contributed by atoms with E-state index in [4.69, 9.17) is 11.6 Å². The molecule has 1 heterocycles. The van der Waals surface area contributed by atoms with Gasteiger partial charge in [0.2, 0.25) is 0 Å². The molecule has 0 spiro atoms. The van der Waals surface area contributed by atoms with E-state index < -0.39 is 0 Å². The van der Waals surface area contributed by atoms with E-state index in [0.717, 1.165) is 21.7 Å². The van der Waals surface area contributed by atoms with Gasteiger partial charge in [0.25, 0.3) is 0 Å². The monoisotopic (exact) mass is 311 g/mol. The highest BCUT2D eigenvalue weighted by Gasteiger charge is 2.02. The first-order valence-corrected chi connectivity index (χ1v) is 6.22. The van der Waals surface area contributed by atoms with E-state index in [-0.39, 0.29) is 0 Å². The molecule has 0 saturated carbocycles. The standard InChI is InChI=1S/C12H11BrClN3/c1-15-12-7-9(4-5-16-12)17-11-6-8(14)2-3-10(11)13/h2-7H,1H3,(H2,15,16,17). The third-order valence-electron chi connectivity index (χ3n) is 2.22. The topological polar surface area (TPSA) is 37.0 Å². The molecule has 2 aromatic rings. The largest absolute Gasteiger partial charge is 0.373 e. The maximum atomic E-state index is 5.96. The molecular formula is C12H11BrClN3. The summed E-state index contributed by atoms with van der Waals surface area (Å²) in [6, 6.07) is 9.43. The van der Waals surface area contributed by atoms with Crippen LogP contribution in [0, 0.1) is 0 Å². The molecule has 0 bridgehead atoms. The number of anilines is 3. The highest BCUT2D eigenvalue weighted by Crippen LogP contribution is 2.29. The quantitative estimate of drug-likeness (QED) is 0.888. The predicted molar refractivity (Wildman–Crippen MR) is 76.2 cm³/mol. The summed E-state index contributed by atoms with van der Waals surface area (Å²) >= 11 is 9.43. The summed E-state index contributed by atoms with van der Waals surface area (Å²) in [5, 5.41) is 6.96. The molecule has 2 rings (SSSR count). The van der Waals surface area contributed by atoms with Gasteiger partial charge in [-0.05, 0) is 40.2 Å². The molecule has 5 heteroatoms. The molecule has 17 heavy (non-hydrogen) atoms. The van der Waals surface area contributed by atoms with Gasteiger partial charge in [-0.25, -0.2) is 4.98 Å². The van der Waals surface area contributed by atoms with E-state index in [9.17, 15) is 0 Å². The van der Waals surface area contributed by atoms with E-state index in [0.29, 0.717) is 5.02 Å². The molecule has 3 nitrogen and oxygen atoms in total. The lowest BCUT2D eigenvalue weighted by Gasteiger charge is -2.09. The summed E-state index contributed by atoms with van der Waals surface area (Å²) in [5.74, 6) is 0.813. The molecular weight excluding hydrogens is 302 g/mol. The molecule has 0 aliphatic carbocycles. The molecule has 88 valence electrons. The Morgan fingerprint density at radius 1 is 1.24 bits per heavy atom. The summed E-state index contributed by atoms with van der Waals surface area (Å²) in [6.45, 7) is 0. The van der Waals surface area contributed by atoms with Gasteiger partial charge in [0, 0.05) is 34.5 Å². The van der Waals surface area contributed by atoms with Crippen molar-refractivity contribution >= 4 is 44.7 Å². The summed E-state index contributed by atoms with van der Waals surface area (Å²) in [5.41, 5.74) is 1.87. The van der Waals surface area contributed by atoms with Crippen molar-refractivity contribution in [1.82, 2.24) is 4.98 Å². The average molecular weight is 313 g/mol. The summed E-state index contributed by atoms with van der Waals surface area (Å²) in [6.07, 6.45) is 1.74. The maximum Gasteiger partial charge on any atom is 0.127 e. The second-order valence-corrected chi connectivity index (χ2v) is 4.72. The number of benzene rings is 1. The Balaban J connectivity index is 2.27. The zero-order valence-electron chi connectivity index (χ0n) is 9.17. The lowest BCUT2D eigenvalue weighted by molar-refractivity contribution is 1.28. The van der Waals surface area contributed by atoms with Gasteiger partial charge in [-0.3, -0.25) is 0 Å². The normalized spacial score (nSPS) is 10.1. The van der Waals surface area contributed by atoms with E-state index in [1.807, 2.05) is 37.4 Å². The Hall–Kier alpha value is -1.26. The number of hydrogen-bond acceptors (Lipinski definition) is 3. The Morgan fingerprint density at radius 2 is 2.06 bits per heavy atom. The first-order chi connectivity index (χ1) is 8.19. The minimum absolute atomic E-state index is 0.693. The van der Waals surface area contributed by atoms with Gasteiger partial charge in [-0.15, -0.1) is 0 Å². The highest BCUT2D eigenvalue weighted by molar-refractivity contribution is 9.10. The molecule has 0 aliphatic heterocycles. The van der Waals surface area contributed by atoms with Gasteiger partial charge in [0.1, 0.15) is 5.82 Å². The van der Waals surface area contributed by atoms with Gasteiger partial charge in [-0.2, -0.15) is 0 Å². The van der Waals surface area contributed by atoms with Crippen LogP contribution in [-0.4, -0.2) is 12.0 Å². The Morgan fingerprint density at radius 3 is 2.82 bits per heavy atom. The molecule has 0 radical (unpaired) electrons. The summed E-state index contributed by atoms with van der Waals surface area (Å²) < 4.78 is 0.963. The van der Waals surface area contributed by atoms with Crippen molar-refractivity contribution in [2.45, 2.75) is 0 Å². The molecule has 0 aliphatic rings. The maximum absolute atomic E-state index is 5.96. The third-order valence-corrected chi connectivity index (χ3v) is 3.15. The minimum atomic E-state index is 0.693. The molecule has 0 unspecified atom stereocenters. The molecule has 0 saturated heterocycles. The Kier molecular flexibility index (Phi) is 3.86. The second-order valence-electron chi connectivity index (χ2n) is 3.43. The van der Waals surface area contributed by atoms with Crippen LogP contribution in [0.15, 0.2) is 41.0 Å². The van der Waals surface area contributed by atoms with Gasteiger partial charge >= 0.3 is 0 Å². The highest BCUT2D eigenvalue weighted by atomic mass is 79.9. The summed E-state index contributed by atoms with van der Waals surface area (Å²) in [7, 11) is 1.83. The van der Waals surface area contributed by atoms with Crippen molar-refractivity contribution in [2.24, 2.45) is 0 Å². The van der Waals surface area contributed by atoms with Crippen molar-refractivity contribution in [3.8, 4) is 0 Å². The second kappa shape index (κ2) is 5.38. The summed E-state index contributed by atoms with van der Waals surface area (Å²) in [4.78, 5) is 4.15. The van der Waals surface area contributed by atoms with E-state index in [1.165, 1.54) is 0 Å². The lowest BCUT2D eigenvalue weighted by Crippen LogP contribution is -1.95. The fraction of sp³-hybridized carbons (Fsp3) is 0.0833. The number of rotatable bonds is 3. The third kappa shape index (κ3) is 3.11. The minimum Gasteiger partial charge on any atom is -0.373 e. The van der Waals surface area contributed by atoms with E-state index in [1.54, 1.807) is 6.20 Å². The fourth-order valence-corrected chi connectivity index (χ4v) is 1.91. The zero-order valence-corrected chi connectivity index (χ0v) is 11.5. The number of halogens is 2. The van der Waals surface area contributed by atoms with Crippen molar-refractivity contribution < 1.29 is 0 Å². The van der Waals surface area contributed by atoms with Crippen molar-refractivity contribution in [1.29, 1.82) is 0 Å². The molecule has 2 N–H and O–H groups in total. The van der Waals surface area contributed by atoms with Crippen LogP contribution in [0.5, 0.6) is 0 Å². The molecule has 1 aromatic heterocycles. The number of hydrogen-bond donors (Lipinski definition) is 2. The Bertz CT molecular complexity index is 531. The van der Waals surface area contributed by atoms with Gasteiger partial charge in [0.15, 0.2) is 0 Å². The van der Waals surface area contributed by atoms with Crippen LogP contribution in [0.25, 0.3) is 0 Å². The number of nitrogens with zero attached hydrogens (tertiary/aromatic N) is 1. The predicted octanol–water partition coefficient (Wildman–Crippen LogP) is 4.28. The average Bonchev–Trinajstić information content (AvgIpc) is 2.34. The van der Waals surface area contributed by atoms with Crippen LogP contribution < -0.4 is 10.6 Å². The molecule has 0 amide bonds. The van der Waals surface area contributed by atoms with Crippen LogP contribution >= 0.6 is 27.5 Å². The van der Waals surface area contributed by atoms with Gasteiger partial charge in [0.05, 0.1) is 5.69 Å². The van der Waals surface area contributed by atoms with Gasteiger partial charge < -0.3 is 10.6 Å². The Labute approximate surface area is 113 Å². The van der Waals surface area contributed by atoms with Crippen LogP contribution in [0.2, 0.25) is 5.02 Å². The van der Waals surface area contributed by atoms with Crippen LogP contribution in [0.3, 0.4) is 0 Å². The molecule has 0 atom stereocenters. The van der Waals surface area contributed by atoms with Crippen LogP contribution in [0.4, 0.5) is 17.2 Å². The smallest absolute Gasteiger partial charge is 0.127 e. The zero-order chi connectivity index (χ0) is 12.3. The van der Waals surface area contributed by atoms with Crippen LogP contribution in [-0.2, 0) is 0 Å². The first kappa shape index (κ1) is 12.2. The molecule has 1 aromatic carbocycles. The van der Waals surface area contributed by atoms with Gasteiger partial charge in [-0.1, -0.05) is 11.6 Å². The van der Waals surface area contributed by atoms with Crippen molar-refractivity contribution in [3.63, 3.8) is 0 Å². The first-order valence-electron chi connectivity index (χ1n) is 5.05. The number of aromatic nitrogens is 1. The van der Waals surface area contributed by atoms with Crippen LogP contribution in [0.1, 0.15) is 0 Å². The fourth-order valence-electron chi connectivity index (χ4n) is 1.39. The molecule has 0 fully saturated rings. The SMILES string of the molecule is CNc1cc(Nc2cc(Cl)ccc2Br)ccn1. The van der Waals surface area contributed by atoms with E-state index >= 15 is 0 Å². The van der Waals surface area contributed by atoms with Crippen molar-refractivity contribution in [2.75, 3.05) is 17.7 Å². The lowest BCUT2D eigenvalue weighted by atomic mass is 10.3. The number of nitrogens with one attached hydrogen (secondary N) is 2.